The monoisotopic (exact) mass is 732 g/mol. The second kappa shape index (κ2) is 19.8. The summed E-state index contributed by atoms with van der Waals surface area (Å²) in [6.07, 6.45) is 1.45. The summed E-state index contributed by atoms with van der Waals surface area (Å²) in [7, 11) is -2.73. The molecule has 13 nitrogen and oxygen atoms in total. The maximum atomic E-state index is 13.9. The number of rotatable bonds is 19. The molecule has 4 atom stereocenters. The van der Waals surface area contributed by atoms with Gasteiger partial charge < -0.3 is 30.0 Å². The van der Waals surface area contributed by atoms with E-state index in [0.717, 1.165) is 28.3 Å². The number of alkyl carbamates (subject to hydrolysis) is 1. The molecule has 0 aliphatic heterocycles. The fourth-order valence-corrected chi connectivity index (χ4v) is 7.46. The molecule has 0 saturated heterocycles. The summed E-state index contributed by atoms with van der Waals surface area (Å²) in [4.78, 5) is 39.3. The van der Waals surface area contributed by atoms with E-state index in [1.807, 2.05) is 44.2 Å². The molecule has 14 heteroatoms. The normalized spacial score (nSPS) is 17.7. The highest BCUT2D eigenvalue weighted by Gasteiger charge is 2.39. The third kappa shape index (κ3) is 13.4. The Balaban J connectivity index is 1.78. The molecule has 2 aromatic carbocycles. The Labute approximate surface area is 303 Å². The second-order valence-corrected chi connectivity index (χ2v) is 15.6. The minimum absolute atomic E-state index is 0.0484. The number of benzene rings is 2. The third-order valence-electron chi connectivity index (χ3n) is 8.88. The van der Waals surface area contributed by atoms with E-state index in [1.165, 1.54) is 13.8 Å². The van der Waals surface area contributed by atoms with Crippen LogP contribution in [0.2, 0.25) is 0 Å². The van der Waals surface area contributed by atoms with Crippen molar-refractivity contribution >= 4 is 28.2 Å². The fourth-order valence-electron chi connectivity index (χ4n) is 5.91. The maximum Gasteiger partial charge on any atom is 0.407 e. The lowest BCUT2D eigenvalue weighted by molar-refractivity contribution is -0.149. The summed E-state index contributed by atoms with van der Waals surface area (Å²) in [6.45, 7) is 8.25. The molecule has 1 aliphatic rings. The number of hydrogen-bond acceptors (Lipinski definition) is 9. The molecule has 3 rings (SSSR count). The van der Waals surface area contributed by atoms with Crippen LogP contribution in [0.15, 0.2) is 54.6 Å². The molecule has 1 saturated carbocycles. The van der Waals surface area contributed by atoms with Gasteiger partial charge in [-0.05, 0) is 75.6 Å². The topological polar surface area (TPSA) is 173 Å². The van der Waals surface area contributed by atoms with Gasteiger partial charge in [-0.15, -0.1) is 0 Å². The Bertz CT molecular complexity index is 1500. The molecule has 1 fully saturated rings. The number of aliphatic hydroxyl groups is 1. The van der Waals surface area contributed by atoms with E-state index in [9.17, 15) is 27.9 Å². The van der Waals surface area contributed by atoms with Crippen molar-refractivity contribution in [2.75, 3.05) is 26.8 Å². The highest BCUT2D eigenvalue weighted by atomic mass is 32.2. The Kier molecular flexibility index (Phi) is 16.2. The summed E-state index contributed by atoms with van der Waals surface area (Å²) in [6, 6.07) is 15.1. The Hall–Kier alpha value is -3.72. The standard InChI is InChI=1S/C37H56N4O9S/c1-7-49-35(44)37(4,5)40-51(46,47)41(22-21-26(2)3)24-33(42)32(23-27-13-9-8-10-14-27)38-34(43)30-15-11-12-16-31(30)39-36(45)50-25-28-17-19-29(48-6)20-18-28/h8-10,13-14,17-20,26,30-33,40,42H,7,11-12,15-16,21-25H2,1-6H3,(H,38,43)(H,39,45). The first kappa shape index (κ1) is 41.7. The average Bonchev–Trinajstić information content (AvgIpc) is 3.09. The largest absolute Gasteiger partial charge is 0.497 e. The Morgan fingerprint density at radius 1 is 0.980 bits per heavy atom. The van der Waals surface area contributed by atoms with Crippen molar-refractivity contribution in [2.24, 2.45) is 11.8 Å². The molecule has 0 radical (unpaired) electrons. The van der Waals surface area contributed by atoms with Crippen LogP contribution < -0.4 is 20.1 Å². The molecule has 2 amide bonds. The van der Waals surface area contributed by atoms with E-state index in [-0.39, 0.29) is 44.5 Å². The molecular weight excluding hydrogens is 676 g/mol. The number of esters is 1. The van der Waals surface area contributed by atoms with Gasteiger partial charge in [-0.2, -0.15) is 17.4 Å². The van der Waals surface area contributed by atoms with E-state index < -0.39 is 51.9 Å². The van der Waals surface area contributed by atoms with Crippen LogP contribution in [0, 0.1) is 11.8 Å². The van der Waals surface area contributed by atoms with Gasteiger partial charge in [0.25, 0.3) is 10.2 Å². The predicted molar refractivity (Wildman–Crippen MR) is 194 cm³/mol. The lowest BCUT2D eigenvalue weighted by Gasteiger charge is -2.35. The van der Waals surface area contributed by atoms with E-state index in [4.69, 9.17) is 14.2 Å². The summed E-state index contributed by atoms with van der Waals surface area (Å²) in [5, 5.41) is 17.6. The van der Waals surface area contributed by atoms with Crippen molar-refractivity contribution in [3.63, 3.8) is 0 Å². The first-order chi connectivity index (χ1) is 24.1. The quantitative estimate of drug-likeness (QED) is 0.155. The van der Waals surface area contributed by atoms with Crippen molar-refractivity contribution in [1.82, 2.24) is 19.7 Å². The molecule has 1 aliphatic carbocycles. The average molecular weight is 733 g/mol. The Morgan fingerprint density at radius 2 is 1.65 bits per heavy atom. The molecule has 4 unspecified atom stereocenters. The second-order valence-electron chi connectivity index (χ2n) is 13.9. The summed E-state index contributed by atoms with van der Waals surface area (Å²) in [5.74, 6) is -0.836. The minimum atomic E-state index is -4.30. The Morgan fingerprint density at radius 3 is 2.27 bits per heavy atom. The highest BCUT2D eigenvalue weighted by Crippen LogP contribution is 2.26. The summed E-state index contributed by atoms with van der Waals surface area (Å²) < 4.78 is 46.7. The minimum Gasteiger partial charge on any atom is -0.497 e. The van der Waals surface area contributed by atoms with Crippen LogP contribution in [0.25, 0.3) is 0 Å². The number of aliphatic hydroxyl groups excluding tert-OH is 1. The SMILES string of the molecule is CCOC(=O)C(C)(C)NS(=O)(=O)N(CCC(C)C)CC(O)C(Cc1ccccc1)NC(=O)C1CCCCC1NC(=O)OCc1ccc(OC)cc1. The first-order valence-electron chi connectivity index (χ1n) is 17.7. The van der Waals surface area contributed by atoms with E-state index >= 15 is 0 Å². The maximum absolute atomic E-state index is 13.9. The van der Waals surface area contributed by atoms with Crippen LogP contribution in [-0.4, -0.2) is 86.3 Å². The predicted octanol–water partition coefficient (Wildman–Crippen LogP) is 4.09. The molecule has 2 aromatic rings. The number of nitrogens with one attached hydrogen (secondary N) is 3. The number of methoxy groups -OCH3 is 1. The smallest absolute Gasteiger partial charge is 0.407 e. The van der Waals surface area contributed by atoms with Gasteiger partial charge in [0, 0.05) is 19.1 Å². The van der Waals surface area contributed by atoms with Gasteiger partial charge in [0.1, 0.15) is 17.9 Å². The van der Waals surface area contributed by atoms with Gasteiger partial charge >= 0.3 is 12.1 Å². The van der Waals surface area contributed by atoms with E-state index in [0.29, 0.717) is 25.0 Å². The highest BCUT2D eigenvalue weighted by molar-refractivity contribution is 7.87. The number of ether oxygens (including phenoxy) is 3. The molecule has 51 heavy (non-hydrogen) atoms. The van der Waals surface area contributed by atoms with Gasteiger partial charge in [0.2, 0.25) is 5.91 Å². The number of carbonyl (C=O) groups is 3. The molecular formula is C37H56N4O9S. The third-order valence-corrected chi connectivity index (χ3v) is 10.7. The molecule has 0 heterocycles. The van der Waals surface area contributed by atoms with Gasteiger partial charge in [0.15, 0.2) is 0 Å². The van der Waals surface area contributed by atoms with Crippen LogP contribution in [0.3, 0.4) is 0 Å². The van der Waals surface area contributed by atoms with Crippen LogP contribution in [0.4, 0.5) is 4.79 Å². The number of carbonyl (C=O) groups excluding carboxylic acids is 3. The molecule has 284 valence electrons. The van der Waals surface area contributed by atoms with Crippen LogP contribution >= 0.6 is 0 Å². The lowest BCUT2D eigenvalue weighted by atomic mass is 9.83. The van der Waals surface area contributed by atoms with Crippen LogP contribution in [0.5, 0.6) is 5.75 Å². The number of nitrogens with zero attached hydrogens (tertiary/aromatic N) is 1. The molecule has 0 spiro atoms. The fraction of sp³-hybridized carbons (Fsp3) is 0.595. The van der Waals surface area contributed by atoms with E-state index in [2.05, 4.69) is 15.4 Å². The van der Waals surface area contributed by atoms with Crippen LogP contribution in [0.1, 0.15) is 77.8 Å². The van der Waals surface area contributed by atoms with Gasteiger partial charge in [-0.25, -0.2) is 4.79 Å². The summed E-state index contributed by atoms with van der Waals surface area (Å²) in [5.41, 5.74) is 0.0536. The molecule has 0 bridgehead atoms. The van der Waals surface area contributed by atoms with Crippen molar-refractivity contribution < 1.29 is 42.1 Å². The van der Waals surface area contributed by atoms with Crippen molar-refractivity contribution in [1.29, 1.82) is 0 Å². The number of hydrogen-bond donors (Lipinski definition) is 4. The van der Waals surface area contributed by atoms with Crippen molar-refractivity contribution in [2.45, 2.75) is 103 Å². The van der Waals surface area contributed by atoms with Gasteiger partial charge in [0.05, 0.1) is 31.8 Å². The lowest BCUT2D eigenvalue weighted by Crippen LogP contribution is -2.58. The van der Waals surface area contributed by atoms with Gasteiger partial charge in [-0.3, -0.25) is 9.59 Å². The van der Waals surface area contributed by atoms with Crippen LogP contribution in [-0.2, 0) is 42.3 Å². The first-order valence-corrected chi connectivity index (χ1v) is 19.1. The molecule has 0 aromatic heterocycles. The zero-order chi connectivity index (χ0) is 37.6. The van der Waals surface area contributed by atoms with Gasteiger partial charge in [-0.1, -0.05) is 69.2 Å². The zero-order valence-corrected chi connectivity index (χ0v) is 31.5. The number of amides is 2. The molecule has 4 N–H and O–H groups in total. The zero-order valence-electron chi connectivity index (χ0n) is 30.7. The van der Waals surface area contributed by atoms with Crippen molar-refractivity contribution in [3.8, 4) is 5.75 Å². The summed E-state index contributed by atoms with van der Waals surface area (Å²) >= 11 is 0. The van der Waals surface area contributed by atoms with Crippen molar-refractivity contribution in [3.05, 3.63) is 65.7 Å². The van der Waals surface area contributed by atoms with E-state index in [1.54, 1.807) is 38.3 Å².